The molecule has 0 spiro atoms. The van der Waals surface area contributed by atoms with Gasteiger partial charge in [-0.15, -0.1) is 0 Å². The molecule has 2 atom stereocenters. The molecule has 2 fully saturated rings. The van der Waals surface area contributed by atoms with Gasteiger partial charge in [0.1, 0.15) is 11.8 Å². The van der Waals surface area contributed by atoms with Crippen LogP contribution in [-0.4, -0.2) is 99.6 Å². The molecule has 0 aliphatic carbocycles. The van der Waals surface area contributed by atoms with Crippen molar-refractivity contribution in [1.82, 2.24) is 23.8 Å². The van der Waals surface area contributed by atoms with E-state index in [1.165, 1.54) is 5.56 Å². The number of aromatic nitrogens is 2. The molecule has 4 aromatic carbocycles. The number of carbonyl (C=O) groups excluding carboxylic acids is 3. The third-order valence-corrected chi connectivity index (χ3v) is 14.9. The topological polar surface area (TPSA) is 110 Å². The molecule has 4 aliphatic rings. The Kier molecular flexibility index (Phi) is 11.8. The summed E-state index contributed by atoms with van der Waals surface area (Å²) in [5.41, 5.74) is 12.4. The number of carbonyl (C=O) groups is 3. The number of morpholine rings is 1. The predicted octanol–water partition coefficient (Wildman–Crippen LogP) is 7.73. The molecule has 3 amide bonds. The quantitative estimate of drug-likeness (QED) is 0.154. The molecule has 12 heteroatoms. The van der Waals surface area contributed by atoms with E-state index >= 15 is 9.59 Å². The number of ether oxygens (including phenoxy) is 1. The van der Waals surface area contributed by atoms with Gasteiger partial charge in [0, 0.05) is 106 Å². The highest BCUT2D eigenvalue weighted by Crippen LogP contribution is 2.38. The second-order valence-corrected chi connectivity index (χ2v) is 18.8. The average Bonchev–Trinajstić information content (AvgIpc) is 3.81. The van der Waals surface area contributed by atoms with Gasteiger partial charge < -0.3 is 28.6 Å². The van der Waals surface area contributed by atoms with Gasteiger partial charge in [0.2, 0.25) is 5.91 Å². The van der Waals surface area contributed by atoms with Crippen LogP contribution >= 0.6 is 0 Å². The Labute approximate surface area is 393 Å². The fourth-order valence-electron chi connectivity index (χ4n) is 10.7. The minimum atomic E-state index is -0.239. The van der Waals surface area contributed by atoms with Gasteiger partial charge >= 0.3 is 0 Å². The lowest BCUT2D eigenvalue weighted by atomic mass is 9.89. The number of benzene rings is 4. The molecule has 10 rings (SSSR count). The molecule has 12 nitrogen and oxygen atoms in total. The maximum Gasteiger partial charge on any atom is 0.264 e. The van der Waals surface area contributed by atoms with E-state index in [1.54, 1.807) is 15.5 Å². The normalized spacial score (nSPS) is 18.2. The first-order valence-corrected chi connectivity index (χ1v) is 23.6. The van der Waals surface area contributed by atoms with E-state index in [2.05, 4.69) is 65.3 Å². The van der Waals surface area contributed by atoms with Gasteiger partial charge in [-0.25, -0.2) is 0 Å². The SMILES string of the molecule is Cc1c(N(C(=O)c2cc(-c3cc4c(cc3C(=O)N3Cc5ccccc5C[C@H]3C)CN(C(=O)Cc3cccc(N5CCN6CCOC[C@@H]6C5)c3)CC4)n(C)c2C)c2ccccc2)cc(C#N)n1C. The average molecular weight is 895 g/mol. The number of anilines is 3. The predicted molar refractivity (Wildman–Crippen MR) is 261 cm³/mol. The second-order valence-electron chi connectivity index (χ2n) is 18.8. The van der Waals surface area contributed by atoms with Gasteiger partial charge in [-0.1, -0.05) is 54.6 Å². The smallest absolute Gasteiger partial charge is 0.264 e. The highest BCUT2D eigenvalue weighted by molar-refractivity contribution is 6.13. The van der Waals surface area contributed by atoms with E-state index in [4.69, 9.17) is 4.74 Å². The number of rotatable bonds is 8. The number of hydrogen-bond acceptors (Lipinski definition) is 7. The zero-order valence-corrected chi connectivity index (χ0v) is 39.2. The molecule has 0 bridgehead atoms. The van der Waals surface area contributed by atoms with Gasteiger partial charge in [0.25, 0.3) is 11.8 Å². The summed E-state index contributed by atoms with van der Waals surface area (Å²) >= 11 is 0. The van der Waals surface area contributed by atoms with E-state index in [-0.39, 0.29) is 23.8 Å². The van der Waals surface area contributed by atoms with Gasteiger partial charge in [-0.05, 0) is 110 Å². The van der Waals surface area contributed by atoms with Crippen molar-refractivity contribution in [2.75, 3.05) is 55.7 Å². The van der Waals surface area contributed by atoms with Gasteiger partial charge in [0.15, 0.2) is 0 Å². The van der Waals surface area contributed by atoms with Crippen molar-refractivity contribution in [2.45, 2.75) is 65.2 Å². The maximum absolute atomic E-state index is 15.2. The van der Waals surface area contributed by atoms with Gasteiger partial charge in [-0.2, -0.15) is 5.26 Å². The molecule has 2 saturated heterocycles. The molecule has 2 aromatic heterocycles. The van der Waals surface area contributed by atoms with Crippen molar-refractivity contribution in [1.29, 1.82) is 5.26 Å². The Morgan fingerprint density at radius 1 is 0.776 bits per heavy atom. The monoisotopic (exact) mass is 894 g/mol. The number of para-hydroxylation sites is 1. The summed E-state index contributed by atoms with van der Waals surface area (Å²) in [4.78, 5) is 55.0. The van der Waals surface area contributed by atoms with Crippen LogP contribution in [0.2, 0.25) is 0 Å². The summed E-state index contributed by atoms with van der Waals surface area (Å²) in [7, 11) is 3.78. The number of nitrogens with zero attached hydrogens (tertiary/aromatic N) is 8. The lowest BCUT2D eigenvalue weighted by Gasteiger charge is -2.44. The molecule has 67 heavy (non-hydrogen) atoms. The van der Waals surface area contributed by atoms with Crippen LogP contribution in [0.25, 0.3) is 11.3 Å². The molecule has 0 saturated carbocycles. The highest BCUT2D eigenvalue weighted by Gasteiger charge is 2.34. The Bertz CT molecular complexity index is 2950. The van der Waals surface area contributed by atoms with Crippen molar-refractivity contribution < 1.29 is 19.1 Å². The molecular weight excluding hydrogens is 837 g/mol. The summed E-state index contributed by atoms with van der Waals surface area (Å²) in [6.07, 6.45) is 1.68. The second kappa shape index (κ2) is 18.0. The van der Waals surface area contributed by atoms with E-state index in [9.17, 15) is 10.1 Å². The first-order chi connectivity index (χ1) is 32.5. The van der Waals surface area contributed by atoms with E-state index in [0.29, 0.717) is 66.7 Å². The molecule has 0 radical (unpaired) electrons. The van der Waals surface area contributed by atoms with Crippen LogP contribution in [-0.2, 0) is 56.0 Å². The van der Waals surface area contributed by atoms with E-state index in [1.807, 2.05) is 96.9 Å². The third kappa shape index (κ3) is 8.21. The number of piperazine rings is 1. The van der Waals surface area contributed by atoms with Crippen molar-refractivity contribution in [3.63, 3.8) is 0 Å². The Balaban J connectivity index is 0.981. The van der Waals surface area contributed by atoms with Crippen LogP contribution < -0.4 is 9.80 Å². The first kappa shape index (κ1) is 43.9. The number of nitriles is 1. The van der Waals surface area contributed by atoms with E-state index < -0.39 is 0 Å². The largest absolute Gasteiger partial charge is 0.378 e. The van der Waals surface area contributed by atoms with Crippen LogP contribution in [0.3, 0.4) is 0 Å². The molecule has 6 aromatic rings. The van der Waals surface area contributed by atoms with Crippen LogP contribution in [0.15, 0.2) is 103 Å². The molecule has 0 N–H and O–H groups in total. The van der Waals surface area contributed by atoms with Crippen molar-refractivity contribution in [3.8, 4) is 17.3 Å². The fourth-order valence-corrected chi connectivity index (χ4v) is 10.7. The zero-order valence-electron chi connectivity index (χ0n) is 39.2. The summed E-state index contributed by atoms with van der Waals surface area (Å²) in [5, 5.41) is 9.93. The Morgan fingerprint density at radius 3 is 2.36 bits per heavy atom. The van der Waals surface area contributed by atoms with E-state index in [0.717, 1.165) is 96.4 Å². The first-order valence-electron chi connectivity index (χ1n) is 23.6. The fraction of sp³-hybridized carbons (Fsp3) is 0.345. The molecule has 342 valence electrons. The van der Waals surface area contributed by atoms with Crippen LogP contribution in [0.1, 0.15) is 72.5 Å². The maximum atomic E-state index is 15.2. The zero-order chi connectivity index (χ0) is 46.5. The summed E-state index contributed by atoms with van der Waals surface area (Å²) in [6, 6.07) is 36.7. The molecule has 0 unspecified atom stereocenters. The number of hydrogen-bond donors (Lipinski definition) is 0. The van der Waals surface area contributed by atoms with Crippen LogP contribution in [0.5, 0.6) is 0 Å². The van der Waals surface area contributed by atoms with Crippen molar-refractivity contribution in [3.05, 3.63) is 159 Å². The van der Waals surface area contributed by atoms with Gasteiger partial charge in [-0.3, -0.25) is 24.2 Å². The number of fused-ring (bicyclic) bond motifs is 3. The Hall–Kier alpha value is -6.94. The third-order valence-electron chi connectivity index (χ3n) is 14.9. The summed E-state index contributed by atoms with van der Waals surface area (Å²) in [5.74, 6) is -0.259. The summed E-state index contributed by atoms with van der Waals surface area (Å²) < 4.78 is 9.60. The molecule has 6 heterocycles. The molecular formula is C55H58N8O4. The minimum Gasteiger partial charge on any atom is -0.378 e. The van der Waals surface area contributed by atoms with Gasteiger partial charge in [0.05, 0.1) is 36.9 Å². The van der Waals surface area contributed by atoms with Crippen molar-refractivity contribution in [2.24, 2.45) is 14.1 Å². The lowest BCUT2D eigenvalue weighted by molar-refractivity contribution is -0.131. The molecule has 4 aliphatic heterocycles. The Morgan fingerprint density at radius 2 is 1.57 bits per heavy atom. The summed E-state index contributed by atoms with van der Waals surface area (Å²) in [6.45, 7) is 12.8. The standard InChI is InChI=1S/C55H58N8O4/c1-36-24-40-13-9-10-14-42(40)33-62(36)54(65)50-28-43-32-61(53(64)26-39-12-11-17-45(25-39)60-21-20-59-22-23-67-35-47(59)34-60)19-18-41(43)27-49(50)52-30-48(37(2)58(52)5)55(66)63(44-15-7-6-8-16-44)51-29-46(31-56)57(4)38(51)3/h6-17,25,27-30,36,47H,18-24,26,32-35H2,1-5H3/t36-,47+/m1/s1. The van der Waals surface area contributed by atoms with Crippen molar-refractivity contribution >= 4 is 34.8 Å². The minimum absolute atomic E-state index is 0.0425. The lowest BCUT2D eigenvalue weighted by Crippen LogP contribution is -2.58. The highest BCUT2D eigenvalue weighted by atomic mass is 16.5. The number of amides is 3. The van der Waals surface area contributed by atoms with Crippen LogP contribution in [0.4, 0.5) is 17.1 Å². The van der Waals surface area contributed by atoms with Crippen LogP contribution in [0, 0.1) is 25.2 Å².